The topological polar surface area (TPSA) is 47.3 Å². The second-order valence-corrected chi connectivity index (χ2v) is 4.04. The van der Waals surface area contributed by atoms with E-state index in [0.717, 1.165) is 0 Å². The van der Waals surface area contributed by atoms with E-state index in [1.165, 1.54) is 18.3 Å². The van der Waals surface area contributed by atoms with E-state index in [9.17, 15) is 8.78 Å². The highest BCUT2D eigenvalue weighted by Gasteiger charge is 2.15. The van der Waals surface area contributed by atoms with E-state index in [-0.39, 0.29) is 11.1 Å². The fourth-order valence-corrected chi connectivity index (χ4v) is 1.74. The first-order chi connectivity index (χ1) is 9.17. The molecule has 1 N–H and O–H groups in total. The minimum atomic E-state index is -1.02. The lowest BCUT2D eigenvalue weighted by atomic mass is 10.1. The average Bonchev–Trinajstić information content (AvgIpc) is 2.88. The van der Waals surface area contributed by atoms with Crippen molar-refractivity contribution in [1.82, 2.24) is 9.78 Å². The Kier molecular flexibility index (Phi) is 4.24. The molecule has 0 fully saturated rings. The molecule has 0 aliphatic carbocycles. The Morgan fingerprint density at radius 2 is 2.11 bits per heavy atom. The molecule has 2 rings (SSSR count). The summed E-state index contributed by atoms with van der Waals surface area (Å²) in [6.07, 6.45) is 3.08. The monoisotopic (exact) mass is 268 g/mol. The van der Waals surface area contributed by atoms with Gasteiger partial charge in [-0.25, -0.2) is 8.78 Å². The van der Waals surface area contributed by atoms with Gasteiger partial charge in [0.1, 0.15) is 0 Å². The van der Waals surface area contributed by atoms with Crippen LogP contribution in [0, 0.1) is 11.6 Å². The van der Waals surface area contributed by atoms with Gasteiger partial charge in [0, 0.05) is 30.0 Å². The number of hydrogen-bond donors (Lipinski definition) is 1. The van der Waals surface area contributed by atoms with Gasteiger partial charge in [-0.2, -0.15) is 5.10 Å². The Morgan fingerprint density at radius 1 is 1.32 bits per heavy atom. The highest BCUT2D eigenvalue weighted by Crippen LogP contribution is 2.26. The lowest BCUT2D eigenvalue weighted by Gasteiger charge is -2.05. The van der Waals surface area contributed by atoms with Crippen LogP contribution in [-0.2, 0) is 17.9 Å². The zero-order chi connectivity index (χ0) is 13.8. The molecule has 0 amide bonds. The molecule has 0 spiro atoms. The maximum absolute atomic E-state index is 13.8. The highest BCUT2D eigenvalue weighted by atomic mass is 19.2. The number of hydrogen-bond acceptors (Lipinski definition) is 3. The third kappa shape index (κ3) is 2.80. The van der Waals surface area contributed by atoms with Gasteiger partial charge in [-0.05, 0) is 0 Å². The SMILES string of the molecule is COCCn1cc(-c2ccc(CO)c(F)c2F)cn1. The van der Waals surface area contributed by atoms with Crippen molar-refractivity contribution in [3.63, 3.8) is 0 Å². The van der Waals surface area contributed by atoms with Crippen LogP contribution in [-0.4, -0.2) is 28.6 Å². The second kappa shape index (κ2) is 5.90. The molecule has 0 bridgehead atoms. The molecule has 0 aliphatic heterocycles. The molecule has 0 saturated carbocycles. The molecule has 0 atom stereocenters. The fraction of sp³-hybridized carbons (Fsp3) is 0.308. The number of methoxy groups -OCH3 is 1. The van der Waals surface area contributed by atoms with Crippen molar-refractivity contribution in [2.75, 3.05) is 13.7 Å². The quantitative estimate of drug-likeness (QED) is 0.901. The third-order valence-corrected chi connectivity index (χ3v) is 2.80. The summed E-state index contributed by atoms with van der Waals surface area (Å²) in [5.41, 5.74) is 0.545. The minimum absolute atomic E-state index is 0.0620. The van der Waals surface area contributed by atoms with E-state index in [2.05, 4.69) is 5.10 Å². The number of rotatable bonds is 5. The van der Waals surface area contributed by atoms with Gasteiger partial charge < -0.3 is 9.84 Å². The molecular weight excluding hydrogens is 254 g/mol. The van der Waals surface area contributed by atoms with Gasteiger partial charge in [0.25, 0.3) is 0 Å². The molecule has 4 nitrogen and oxygen atoms in total. The second-order valence-electron chi connectivity index (χ2n) is 4.04. The van der Waals surface area contributed by atoms with E-state index in [4.69, 9.17) is 9.84 Å². The van der Waals surface area contributed by atoms with Crippen LogP contribution in [0.2, 0.25) is 0 Å². The molecule has 2 aromatic rings. The summed E-state index contributed by atoms with van der Waals surface area (Å²) in [4.78, 5) is 0. The summed E-state index contributed by atoms with van der Waals surface area (Å²) in [6, 6.07) is 2.79. The molecule has 0 unspecified atom stereocenters. The standard InChI is InChI=1S/C13H14F2N2O2/c1-19-5-4-17-7-10(6-16-17)11-3-2-9(8-18)12(14)13(11)15/h2-3,6-7,18H,4-5,8H2,1H3. The minimum Gasteiger partial charge on any atom is -0.392 e. The molecule has 0 saturated heterocycles. The van der Waals surface area contributed by atoms with Crippen LogP contribution in [0.5, 0.6) is 0 Å². The van der Waals surface area contributed by atoms with Gasteiger partial charge in [0.05, 0.1) is 26.0 Å². The molecule has 0 radical (unpaired) electrons. The number of benzene rings is 1. The van der Waals surface area contributed by atoms with Crippen molar-refractivity contribution >= 4 is 0 Å². The molecule has 1 aromatic carbocycles. The van der Waals surface area contributed by atoms with Crippen LogP contribution in [0.3, 0.4) is 0 Å². The Morgan fingerprint density at radius 3 is 2.79 bits per heavy atom. The number of aliphatic hydroxyl groups is 1. The maximum atomic E-state index is 13.8. The molecule has 6 heteroatoms. The molecular formula is C13H14F2N2O2. The van der Waals surface area contributed by atoms with Crippen LogP contribution in [0.4, 0.5) is 8.78 Å². The summed E-state index contributed by atoms with van der Waals surface area (Å²) in [6.45, 7) is 0.493. The first-order valence-corrected chi connectivity index (χ1v) is 5.77. The number of aromatic nitrogens is 2. The number of halogens is 2. The van der Waals surface area contributed by atoms with Gasteiger partial charge in [-0.3, -0.25) is 4.68 Å². The van der Waals surface area contributed by atoms with Crippen molar-refractivity contribution in [1.29, 1.82) is 0 Å². The molecule has 1 heterocycles. The first kappa shape index (κ1) is 13.6. The van der Waals surface area contributed by atoms with Crippen LogP contribution in [0.15, 0.2) is 24.5 Å². The van der Waals surface area contributed by atoms with Crippen LogP contribution < -0.4 is 0 Å². The zero-order valence-corrected chi connectivity index (χ0v) is 10.4. The zero-order valence-electron chi connectivity index (χ0n) is 10.4. The van der Waals surface area contributed by atoms with E-state index in [1.807, 2.05) is 0 Å². The Bertz CT molecular complexity index is 570. The summed E-state index contributed by atoms with van der Waals surface area (Å²) in [5.74, 6) is -2.00. The molecule has 19 heavy (non-hydrogen) atoms. The van der Waals surface area contributed by atoms with E-state index < -0.39 is 18.2 Å². The summed E-state index contributed by atoms with van der Waals surface area (Å²) < 4.78 is 33.9. The number of aliphatic hydroxyl groups excluding tert-OH is 1. The molecule has 1 aromatic heterocycles. The van der Waals surface area contributed by atoms with Gasteiger partial charge in [-0.1, -0.05) is 12.1 Å². The largest absolute Gasteiger partial charge is 0.392 e. The number of nitrogens with zero attached hydrogens (tertiary/aromatic N) is 2. The van der Waals surface area contributed by atoms with Gasteiger partial charge in [0.15, 0.2) is 11.6 Å². The predicted octanol–water partition coefficient (Wildman–Crippen LogP) is 1.97. The van der Waals surface area contributed by atoms with E-state index in [1.54, 1.807) is 18.0 Å². The Hall–Kier alpha value is -1.79. The van der Waals surface area contributed by atoms with Crippen LogP contribution in [0.25, 0.3) is 11.1 Å². The van der Waals surface area contributed by atoms with Crippen LogP contribution in [0.1, 0.15) is 5.56 Å². The van der Waals surface area contributed by atoms with Crippen molar-refractivity contribution in [3.8, 4) is 11.1 Å². The van der Waals surface area contributed by atoms with Crippen molar-refractivity contribution in [2.45, 2.75) is 13.2 Å². The van der Waals surface area contributed by atoms with E-state index in [0.29, 0.717) is 18.7 Å². The predicted molar refractivity (Wildman–Crippen MR) is 65.4 cm³/mol. The van der Waals surface area contributed by atoms with Gasteiger partial charge in [0.2, 0.25) is 0 Å². The summed E-state index contributed by atoms with van der Waals surface area (Å²) >= 11 is 0. The Labute approximate surface area is 109 Å². The molecule has 102 valence electrons. The van der Waals surface area contributed by atoms with Crippen molar-refractivity contribution in [2.24, 2.45) is 0 Å². The van der Waals surface area contributed by atoms with Crippen LogP contribution >= 0.6 is 0 Å². The highest BCUT2D eigenvalue weighted by molar-refractivity contribution is 5.63. The van der Waals surface area contributed by atoms with E-state index >= 15 is 0 Å². The summed E-state index contributed by atoms with van der Waals surface area (Å²) in [5, 5.41) is 12.9. The maximum Gasteiger partial charge on any atom is 0.167 e. The Balaban J connectivity index is 2.31. The normalized spacial score (nSPS) is 10.9. The van der Waals surface area contributed by atoms with Gasteiger partial charge in [-0.15, -0.1) is 0 Å². The van der Waals surface area contributed by atoms with Crippen molar-refractivity contribution in [3.05, 3.63) is 41.7 Å². The third-order valence-electron chi connectivity index (χ3n) is 2.80. The first-order valence-electron chi connectivity index (χ1n) is 5.77. The fourth-order valence-electron chi connectivity index (χ4n) is 1.74. The van der Waals surface area contributed by atoms with Crippen molar-refractivity contribution < 1.29 is 18.6 Å². The van der Waals surface area contributed by atoms with Gasteiger partial charge >= 0.3 is 0 Å². The average molecular weight is 268 g/mol. The number of ether oxygens (including phenoxy) is 1. The molecule has 0 aliphatic rings. The summed E-state index contributed by atoms with van der Waals surface area (Å²) in [7, 11) is 1.58. The lowest BCUT2D eigenvalue weighted by molar-refractivity contribution is 0.183. The smallest absolute Gasteiger partial charge is 0.167 e. The lowest BCUT2D eigenvalue weighted by Crippen LogP contribution is -2.03.